The van der Waals surface area contributed by atoms with E-state index in [-0.39, 0.29) is 11.6 Å². The average molecular weight is 259 g/mol. The zero-order chi connectivity index (χ0) is 12.3. The molecule has 0 spiro atoms. The number of ketones is 2. The number of hydrogen-bond acceptors (Lipinski definition) is 2. The maximum absolute atomic E-state index is 11.5. The highest BCUT2D eigenvalue weighted by Gasteiger charge is 2.15. The minimum absolute atomic E-state index is 0.153. The predicted molar refractivity (Wildman–Crippen MR) is 65.7 cm³/mol. The molecule has 1 aromatic carbocycles. The highest BCUT2D eigenvalue weighted by atomic mass is 35.5. The van der Waals surface area contributed by atoms with Crippen LogP contribution >= 0.6 is 23.2 Å². The Morgan fingerprint density at radius 1 is 0.875 bits per heavy atom. The smallest absolute Gasteiger partial charge is 0.180 e. The first-order valence-corrected chi connectivity index (χ1v) is 5.77. The van der Waals surface area contributed by atoms with Crippen LogP contribution in [0, 0.1) is 0 Å². The largest absolute Gasteiger partial charge is 0.293 e. The molecule has 1 aromatic rings. The van der Waals surface area contributed by atoms with Gasteiger partial charge >= 0.3 is 0 Å². The van der Waals surface area contributed by atoms with Gasteiger partial charge in [0.1, 0.15) is 0 Å². The van der Waals surface area contributed by atoms with Crippen molar-refractivity contribution in [3.8, 4) is 0 Å². The number of rotatable bonds is 4. The fraction of sp³-hybridized carbons (Fsp3) is 0.333. The van der Waals surface area contributed by atoms with E-state index in [1.807, 2.05) is 0 Å². The lowest BCUT2D eigenvalue weighted by molar-refractivity contribution is 0.0980. The molecule has 4 heteroatoms. The summed E-state index contributed by atoms with van der Waals surface area (Å²) in [6.45, 7) is 3.23. The summed E-state index contributed by atoms with van der Waals surface area (Å²) < 4.78 is 0. The van der Waals surface area contributed by atoms with E-state index in [1.54, 1.807) is 38.1 Å². The van der Waals surface area contributed by atoms with E-state index in [1.165, 1.54) is 0 Å². The molecule has 1 rings (SSSR count). The molecule has 2 nitrogen and oxygen atoms in total. The molecule has 2 unspecified atom stereocenters. The number of carbonyl (C=O) groups is 2. The van der Waals surface area contributed by atoms with Gasteiger partial charge in [0.05, 0.1) is 10.8 Å². The Hall–Kier alpha value is -0.860. The fourth-order valence-electron chi connectivity index (χ4n) is 1.26. The van der Waals surface area contributed by atoms with Gasteiger partial charge in [-0.2, -0.15) is 0 Å². The standard InChI is InChI=1S/C12H12Cl2O2/c1-7(13)11(15)9-3-5-10(6-4-9)12(16)8(2)14/h3-8H,1-2H3. The van der Waals surface area contributed by atoms with Crippen LogP contribution in [0.2, 0.25) is 0 Å². The molecule has 16 heavy (non-hydrogen) atoms. The van der Waals surface area contributed by atoms with Crippen molar-refractivity contribution >= 4 is 34.8 Å². The molecule has 0 N–H and O–H groups in total. The molecule has 86 valence electrons. The van der Waals surface area contributed by atoms with Gasteiger partial charge in [0, 0.05) is 11.1 Å². The van der Waals surface area contributed by atoms with Gasteiger partial charge in [0.15, 0.2) is 11.6 Å². The Morgan fingerprint density at radius 3 is 1.31 bits per heavy atom. The molecule has 0 amide bonds. The summed E-state index contributed by atoms with van der Waals surface area (Å²) in [6, 6.07) is 6.36. The molecule has 0 aliphatic rings. The molecule has 0 fully saturated rings. The van der Waals surface area contributed by atoms with Gasteiger partial charge in [-0.15, -0.1) is 23.2 Å². The van der Waals surface area contributed by atoms with Crippen LogP contribution in [-0.4, -0.2) is 22.3 Å². The Morgan fingerprint density at radius 2 is 1.12 bits per heavy atom. The molecule has 0 aliphatic carbocycles. The molecule has 0 aliphatic heterocycles. The molecule has 0 saturated heterocycles. The summed E-state index contributed by atoms with van der Waals surface area (Å²) in [4.78, 5) is 23.0. The van der Waals surface area contributed by atoms with Crippen LogP contribution in [0.3, 0.4) is 0 Å². The van der Waals surface area contributed by atoms with Gasteiger partial charge in [-0.05, 0) is 13.8 Å². The molecule has 0 heterocycles. The van der Waals surface area contributed by atoms with Gasteiger partial charge in [-0.3, -0.25) is 9.59 Å². The van der Waals surface area contributed by atoms with Crippen molar-refractivity contribution in [1.29, 1.82) is 0 Å². The Bertz CT molecular complexity index is 355. The number of carbonyl (C=O) groups excluding carboxylic acids is 2. The van der Waals surface area contributed by atoms with E-state index in [9.17, 15) is 9.59 Å². The number of Topliss-reactive ketones (excluding diaryl/α,β-unsaturated/α-hetero) is 2. The zero-order valence-corrected chi connectivity index (χ0v) is 10.5. The maximum Gasteiger partial charge on any atom is 0.180 e. The Labute approximate surface area is 105 Å². The highest BCUT2D eigenvalue weighted by Crippen LogP contribution is 2.12. The lowest BCUT2D eigenvalue weighted by Crippen LogP contribution is -2.13. The third-order valence-corrected chi connectivity index (χ3v) is 2.57. The number of halogens is 2. The maximum atomic E-state index is 11.5. The first kappa shape index (κ1) is 13.2. The summed E-state index contributed by atoms with van der Waals surface area (Å²) in [5.41, 5.74) is 1.00. The van der Waals surface area contributed by atoms with Crippen LogP contribution < -0.4 is 0 Å². The van der Waals surface area contributed by atoms with E-state index in [2.05, 4.69) is 0 Å². The number of benzene rings is 1. The van der Waals surface area contributed by atoms with Crippen LogP contribution in [0.1, 0.15) is 34.6 Å². The first-order chi connectivity index (χ1) is 7.43. The Kier molecular flexibility index (Phi) is 4.51. The summed E-state index contributed by atoms with van der Waals surface area (Å²) in [6.07, 6.45) is 0. The third-order valence-electron chi connectivity index (χ3n) is 2.18. The van der Waals surface area contributed by atoms with Gasteiger partial charge in [-0.1, -0.05) is 24.3 Å². The zero-order valence-electron chi connectivity index (χ0n) is 9.04. The second-order valence-corrected chi connectivity index (χ2v) is 4.85. The monoisotopic (exact) mass is 258 g/mol. The van der Waals surface area contributed by atoms with Crippen LogP contribution in [0.15, 0.2) is 24.3 Å². The molecular weight excluding hydrogens is 247 g/mol. The molecule has 0 saturated carbocycles. The molecule has 0 aromatic heterocycles. The van der Waals surface area contributed by atoms with E-state index in [4.69, 9.17) is 23.2 Å². The second kappa shape index (κ2) is 5.46. The number of hydrogen-bond donors (Lipinski definition) is 0. The highest BCUT2D eigenvalue weighted by molar-refractivity contribution is 6.34. The average Bonchev–Trinajstić information content (AvgIpc) is 2.27. The quantitative estimate of drug-likeness (QED) is 0.614. The first-order valence-electron chi connectivity index (χ1n) is 4.90. The van der Waals surface area contributed by atoms with E-state index < -0.39 is 10.8 Å². The number of alkyl halides is 2. The molecule has 0 radical (unpaired) electrons. The van der Waals surface area contributed by atoms with Crippen molar-refractivity contribution in [3.05, 3.63) is 35.4 Å². The lowest BCUT2D eigenvalue weighted by Gasteiger charge is -2.05. The summed E-state index contributed by atoms with van der Waals surface area (Å²) in [5, 5.41) is -1.12. The minimum atomic E-state index is -0.562. The van der Waals surface area contributed by atoms with Crippen LogP contribution in [0.4, 0.5) is 0 Å². The van der Waals surface area contributed by atoms with Crippen molar-refractivity contribution in [3.63, 3.8) is 0 Å². The SMILES string of the molecule is CC(Cl)C(=O)c1ccc(C(=O)C(C)Cl)cc1. The predicted octanol–water partition coefficient (Wildman–Crippen LogP) is 3.31. The molecule has 0 bridgehead atoms. The van der Waals surface area contributed by atoms with E-state index >= 15 is 0 Å². The van der Waals surface area contributed by atoms with E-state index in [0.29, 0.717) is 11.1 Å². The van der Waals surface area contributed by atoms with E-state index in [0.717, 1.165) is 0 Å². The molecular formula is C12H12Cl2O2. The Balaban J connectivity index is 2.92. The van der Waals surface area contributed by atoms with Crippen molar-refractivity contribution in [2.75, 3.05) is 0 Å². The van der Waals surface area contributed by atoms with Gasteiger partial charge in [0.25, 0.3) is 0 Å². The second-order valence-electron chi connectivity index (χ2n) is 3.54. The summed E-state index contributed by atoms with van der Waals surface area (Å²) in [5.74, 6) is -0.306. The van der Waals surface area contributed by atoms with Crippen LogP contribution in [0.5, 0.6) is 0 Å². The van der Waals surface area contributed by atoms with Gasteiger partial charge in [0.2, 0.25) is 0 Å². The summed E-state index contributed by atoms with van der Waals surface area (Å²) >= 11 is 11.4. The van der Waals surface area contributed by atoms with Crippen LogP contribution in [-0.2, 0) is 0 Å². The fourth-order valence-corrected chi connectivity index (χ4v) is 1.51. The van der Waals surface area contributed by atoms with Crippen molar-refractivity contribution in [2.45, 2.75) is 24.6 Å². The van der Waals surface area contributed by atoms with Gasteiger partial charge < -0.3 is 0 Å². The third kappa shape index (κ3) is 3.06. The minimum Gasteiger partial charge on any atom is -0.293 e. The van der Waals surface area contributed by atoms with Crippen LogP contribution in [0.25, 0.3) is 0 Å². The normalized spacial score (nSPS) is 14.2. The van der Waals surface area contributed by atoms with Gasteiger partial charge in [-0.25, -0.2) is 0 Å². The lowest BCUT2D eigenvalue weighted by atomic mass is 10.0. The molecule has 2 atom stereocenters. The van der Waals surface area contributed by atoms with Crippen molar-refractivity contribution in [1.82, 2.24) is 0 Å². The van der Waals surface area contributed by atoms with Crippen molar-refractivity contribution < 1.29 is 9.59 Å². The summed E-state index contributed by atoms with van der Waals surface area (Å²) in [7, 11) is 0. The van der Waals surface area contributed by atoms with Crippen molar-refractivity contribution in [2.24, 2.45) is 0 Å². The topological polar surface area (TPSA) is 34.1 Å².